The Morgan fingerprint density at radius 3 is 3.00 bits per heavy atom. The van der Waals surface area contributed by atoms with Gasteiger partial charge in [-0.25, -0.2) is 4.98 Å². The van der Waals surface area contributed by atoms with Crippen LogP contribution in [0.25, 0.3) is 10.2 Å². The second-order valence-corrected chi connectivity index (χ2v) is 7.36. The SMILES string of the molecule is CC(C)(c1nc2ccc(Cl)cc2s1)C1CCCNC1. The molecule has 1 aromatic heterocycles. The van der Waals surface area contributed by atoms with Gasteiger partial charge in [-0.05, 0) is 50.0 Å². The standard InChI is InChI=1S/C15H19ClN2S/c1-15(2,10-4-3-7-17-9-10)14-18-12-6-5-11(16)8-13(12)19-14/h5-6,8,10,17H,3-4,7,9H2,1-2H3. The summed E-state index contributed by atoms with van der Waals surface area (Å²) in [5.41, 5.74) is 1.20. The van der Waals surface area contributed by atoms with Gasteiger partial charge in [0.25, 0.3) is 0 Å². The number of piperidine rings is 1. The lowest BCUT2D eigenvalue weighted by Gasteiger charge is -2.35. The van der Waals surface area contributed by atoms with Crippen molar-refractivity contribution in [2.45, 2.75) is 32.1 Å². The average Bonchev–Trinajstić information content (AvgIpc) is 2.83. The second kappa shape index (κ2) is 5.04. The fraction of sp³-hybridized carbons (Fsp3) is 0.533. The number of hydrogen-bond donors (Lipinski definition) is 1. The molecule has 0 radical (unpaired) electrons. The van der Waals surface area contributed by atoms with Crippen molar-refractivity contribution < 1.29 is 0 Å². The van der Waals surface area contributed by atoms with E-state index in [0.717, 1.165) is 23.6 Å². The predicted octanol–water partition coefficient (Wildman–Crippen LogP) is 4.23. The van der Waals surface area contributed by atoms with Crippen molar-refractivity contribution in [3.05, 3.63) is 28.2 Å². The first-order valence-corrected chi connectivity index (χ1v) is 8.04. The molecule has 1 aromatic carbocycles. The van der Waals surface area contributed by atoms with Crippen LogP contribution in [0.5, 0.6) is 0 Å². The molecular formula is C15H19ClN2S. The largest absolute Gasteiger partial charge is 0.316 e. The first-order valence-electron chi connectivity index (χ1n) is 6.84. The molecule has 102 valence electrons. The molecule has 2 aromatic rings. The topological polar surface area (TPSA) is 24.9 Å². The number of thiazole rings is 1. The Hall–Kier alpha value is -0.640. The summed E-state index contributed by atoms with van der Waals surface area (Å²) >= 11 is 7.85. The zero-order valence-electron chi connectivity index (χ0n) is 11.4. The molecule has 1 unspecified atom stereocenters. The maximum atomic E-state index is 6.06. The van der Waals surface area contributed by atoms with E-state index in [-0.39, 0.29) is 5.41 Å². The van der Waals surface area contributed by atoms with E-state index in [1.807, 2.05) is 18.2 Å². The summed E-state index contributed by atoms with van der Waals surface area (Å²) in [6.07, 6.45) is 2.56. The number of fused-ring (bicyclic) bond motifs is 1. The van der Waals surface area contributed by atoms with Crippen LogP contribution in [0.4, 0.5) is 0 Å². The number of rotatable bonds is 2. The molecule has 1 N–H and O–H groups in total. The van der Waals surface area contributed by atoms with Gasteiger partial charge in [-0.2, -0.15) is 0 Å². The van der Waals surface area contributed by atoms with Gasteiger partial charge in [0.05, 0.1) is 15.2 Å². The molecule has 3 rings (SSSR count). The van der Waals surface area contributed by atoms with E-state index in [1.54, 1.807) is 11.3 Å². The molecule has 0 saturated carbocycles. The molecule has 1 atom stereocenters. The quantitative estimate of drug-likeness (QED) is 0.897. The summed E-state index contributed by atoms with van der Waals surface area (Å²) < 4.78 is 1.19. The van der Waals surface area contributed by atoms with E-state index < -0.39 is 0 Å². The van der Waals surface area contributed by atoms with E-state index in [2.05, 4.69) is 19.2 Å². The van der Waals surface area contributed by atoms with Gasteiger partial charge in [-0.15, -0.1) is 11.3 Å². The van der Waals surface area contributed by atoms with Gasteiger partial charge in [0, 0.05) is 10.4 Å². The summed E-state index contributed by atoms with van der Waals surface area (Å²) in [5, 5.41) is 5.54. The number of benzene rings is 1. The van der Waals surface area contributed by atoms with Crippen molar-refractivity contribution in [3.63, 3.8) is 0 Å². The fourth-order valence-electron chi connectivity index (χ4n) is 2.82. The Kier molecular flexibility index (Phi) is 3.54. The third kappa shape index (κ3) is 2.51. The van der Waals surface area contributed by atoms with Crippen LogP contribution < -0.4 is 5.32 Å². The minimum Gasteiger partial charge on any atom is -0.316 e. The predicted molar refractivity (Wildman–Crippen MR) is 83.2 cm³/mol. The third-order valence-corrected chi connectivity index (χ3v) is 5.81. The minimum absolute atomic E-state index is 0.129. The van der Waals surface area contributed by atoms with Crippen molar-refractivity contribution in [1.29, 1.82) is 0 Å². The molecule has 4 heteroatoms. The molecule has 1 saturated heterocycles. The molecule has 0 spiro atoms. The van der Waals surface area contributed by atoms with Crippen molar-refractivity contribution >= 4 is 33.2 Å². The molecule has 2 nitrogen and oxygen atoms in total. The van der Waals surface area contributed by atoms with Crippen LogP contribution in [0.3, 0.4) is 0 Å². The highest BCUT2D eigenvalue weighted by Gasteiger charge is 2.34. The number of nitrogens with one attached hydrogen (secondary N) is 1. The fourth-order valence-corrected chi connectivity index (χ4v) is 4.24. The summed E-state index contributed by atoms with van der Waals surface area (Å²) in [6, 6.07) is 5.96. The molecule has 1 aliphatic heterocycles. The molecule has 19 heavy (non-hydrogen) atoms. The Morgan fingerprint density at radius 1 is 1.42 bits per heavy atom. The van der Waals surface area contributed by atoms with Crippen LogP contribution >= 0.6 is 22.9 Å². The number of hydrogen-bond acceptors (Lipinski definition) is 3. The first kappa shape index (κ1) is 13.3. The highest BCUT2D eigenvalue weighted by Crippen LogP contribution is 2.39. The van der Waals surface area contributed by atoms with Crippen molar-refractivity contribution in [3.8, 4) is 0 Å². The van der Waals surface area contributed by atoms with Gasteiger partial charge in [0.1, 0.15) is 0 Å². The Morgan fingerprint density at radius 2 is 2.26 bits per heavy atom. The molecule has 0 bridgehead atoms. The highest BCUT2D eigenvalue weighted by atomic mass is 35.5. The van der Waals surface area contributed by atoms with E-state index in [1.165, 1.54) is 22.5 Å². The normalized spacial score (nSPS) is 20.9. The van der Waals surface area contributed by atoms with Gasteiger partial charge in [0.15, 0.2) is 0 Å². The molecule has 1 fully saturated rings. The molecule has 0 aliphatic carbocycles. The van der Waals surface area contributed by atoms with Crippen molar-refractivity contribution in [1.82, 2.24) is 10.3 Å². The smallest absolute Gasteiger partial charge is 0.0998 e. The summed E-state index contributed by atoms with van der Waals surface area (Å²) in [6.45, 7) is 6.90. The van der Waals surface area contributed by atoms with Gasteiger partial charge >= 0.3 is 0 Å². The van der Waals surface area contributed by atoms with E-state index in [4.69, 9.17) is 16.6 Å². The maximum Gasteiger partial charge on any atom is 0.0998 e. The summed E-state index contributed by atoms with van der Waals surface area (Å²) in [7, 11) is 0. The van der Waals surface area contributed by atoms with Crippen LogP contribution in [-0.4, -0.2) is 18.1 Å². The van der Waals surface area contributed by atoms with Crippen LogP contribution in [0.15, 0.2) is 18.2 Å². The minimum atomic E-state index is 0.129. The number of nitrogens with zero attached hydrogens (tertiary/aromatic N) is 1. The summed E-state index contributed by atoms with van der Waals surface area (Å²) in [4.78, 5) is 4.83. The third-order valence-electron chi connectivity index (χ3n) is 4.22. The first-order chi connectivity index (χ1) is 9.07. The zero-order chi connectivity index (χ0) is 13.5. The van der Waals surface area contributed by atoms with E-state index in [0.29, 0.717) is 5.92 Å². The Balaban J connectivity index is 1.97. The van der Waals surface area contributed by atoms with Crippen LogP contribution in [0, 0.1) is 5.92 Å². The summed E-state index contributed by atoms with van der Waals surface area (Å²) in [5.74, 6) is 0.664. The Bertz CT molecular complexity index is 585. The molecule has 1 aliphatic rings. The maximum absolute atomic E-state index is 6.06. The lowest BCUT2D eigenvalue weighted by atomic mass is 9.75. The lowest BCUT2D eigenvalue weighted by Crippen LogP contribution is -2.40. The average molecular weight is 295 g/mol. The molecule has 0 amide bonds. The van der Waals surface area contributed by atoms with Gasteiger partial charge in [0.2, 0.25) is 0 Å². The van der Waals surface area contributed by atoms with E-state index in [9.17, 15) is 0 Å². The lowest BCUT2D eigenvalue weighted by molar-refractivity contribution is 0.251. The molecule has 2 heterocycles. The van der Waals surface area contributed by atoms with Crippen molar-refractivity contribution in [2.24, 2.45) is 5.92 Å². The van der Waals surface area contributed by atoms with Gasteiger partial charge in [-0.3, -0.25) is 0 Å². The number of aromatic nitrogens is 1. The molecular weight excluding hydrogens is 276 g/mol. The second-order valence-electron chi connectivity index (χ2n) is 5.90. The Labute approximate surface area is 123 Å². The van der Waals surface area contributed by atoms with E-state index >= 15 is 0 Å². The van der Waals surface area contributed by atoms with Crippen LogP contribution in [-0.2, 0) is 5.41 Å². The van der Waals surface area contributed by atoms with Gasteiger partial charge in [-0.1, -0.05) is 25.4 Å². The number of halogens is 1. The highest BCUT2D eigenvalue weighted by molar-refractivity contribution is 7.18. The van der Waals surface area contributed by atoms with Crippen LogP contribution in [0.2, 0.25) is 5.02 Å². The monoisotopic (exact) mass is 294 g/mol. The van der Waals surface area contributed by atoms with Gasteiger partial charge < -0.3 is 5.32 Å². The van der Waals surface area contributed by atoms with Crippen molar-refractivity contribution in [2.75, 3.05) is 13.1 Å². The zero-order valence-corrected chi connectivity index (χ0v) is 12.9. The van der Waals surface area contributed by atoms with Crippen LogP contribution in [0.1, 0.15) is 31.7 Å².